The summed E-state index contributed by atoms with van der Waals surface area (Å²) in [5.74, 6) is -5.59. The van der Waals surface area contributed by atoms with Gasteiger partial charge in [-0.3, -0.25) is 5.11 Å². The summed E-state index contributed by atoms with van der Waals surface area (Å²) < 4.78 is 0. The second-order valence-electron chi connectivity index (χ2n) is 5.15. The Hall–Kier alpha value is -4.28. The van der Waals surface area contributed by atoms with Crippen molar-refractivity contribution in [2.75, 3.05) is 0 Å². The highest BCUT2D eigenvalue weighted by atomic mass is 16.4. The van der Waals surface area contributed by atoms with Gasteiger partial charge >= 0.3 is 11.9 Å². The highest BCUT2D eigenvalue weighted by Crippen LogP contribution is 2.37. The zero-order valence-corrected chi connectivity index (χ0v) is 13.2. The number of aromatic nitrogens is 4. The molecular weight excluding hydrogens is 360 g/mol. The molecule has 4 N–H and O–H groups in total. The molecule has 135 valence electrons. The van der Waals surface area contributed by atoms with Crippen LogP contribution in [0.2, 0.25) is 0 Å². The molecule has 0 aliphatic rings. The lowest BCUT2D eigenvalue weighted by Crippen LogP contribution is -2.03. The van der Waals surface area contributed by atoms with E-state index < -0.39 is 40.6 Å². The molecule has 0 saturated heterocycles. The van der Waals surface area contributed by atoms with Crippen molar-refractivity contribution in [2.45, 2.75) is 0 Å². The molecule has 0 aliphatic heterocycles. The molecule has 0 bridgehead atoms. The molecule has 2 aromatic heterocycles. The van der Waals surface area contributed by atoms with Gasteiger partial charge in [-0.15, -0.1) is 0 Å². The van der Waals surface area contributed by atoms with Crippen molar-refractivity contribution in [2.24, 2.45) is 0 Å². The highest BCUT2D eigenvalue weighted by molar-refractivity contribution is 5.91. The molecule has 11 nitrogen and oxygen atoms in total. The fourth-order valence-corrected chi connectivity index (χ4v) is 2.25. The van der Waals surface area contributed by atoms with Gasteiger partial charge in [-0.05, 0) is 6.07 Å². The van der Waals surface area contributed by atoms with Gasteiger partial charge in [0.15, 0.2) is 17.4 Å². The zero-order chi connectivity index (χ0) is 19.7. The van der Waals surface area contributed by atoms with Crippen LogP contribution < -0.4 is 0 Å². The predicted molar refractivity (Wildman–Crippen MR) is 85.9 cm³/mol. The molecule has 11 heteroatoms. The number of carboxylic acids is 2. The van der Waals surface area contributed by atoms with E-state index in [1.807, 2.05) is 0 Å². The van der Waals surface area contributed by atoms with Gasteiger partial charge in [-0.2, -0.15) is 9.97 Å². The molecule has 3 rings (SSSR count). The van der Waals surface area contributed by atoms with E-state index in [0.29, 0.717) is 0 Å². The summed E-state index contributed by atoms with van der Waals surface area (Å²) in [6, 6.07) is 3.95. The van der Waals surface area contributed by atoms with Crippen LogP contribution in [0.25, 0.3) is 22.8 Å². The second kappa shape index (κ2) is 6.55. The molecule has 0 spiro atoms. The molecule has 2 heterocycles. The predicted octanol–water partition coefficient (Wildman–Crippen LogP) is 1.55. The minimum absolute atomic E-state index is 0.0530. The average Bonchev–Trinajstić information content (AvgIpc) is 2.60. The van der Waals surface area contributed by atoms with E-state index in [0.717, 1.165) is 12.4 Å². The molecule has 1 radical (unpaired) electrons. The highest BCUT2D eigenvalue weighted by Gasteiger charge is 2.22. The van der Waals surface area contributed by atoms with E-state index >= 15 is 0 Å². The van der Waals surface area contributed by atoms with Gasteiger partial charge in [0.05, 0.1) is 5.56 Å². The number of nitrogens with zero attached hydrogens (tertiary/aromatic N) is 4. The number of hydrogen-bond acceptors (Lipinski definition) is 8. The summed E-state index contributed by atoms with van der Waals surface area (Å²) in [5.41, 5.74) is -1.19. The number of rotatable bonds is 4. The standard InChI is InChI=1S/C16H9N4O7/c21-9-3-1-2-6(11-17-4-7(15(24)25)13(22)19-11)10(9)12-18-5-8(16(26)27)14(23)20-12/h1-5H,(H,24,25)(H,26,27)(H,17,19,22)(H,18,20,23). The van der Waals surface area contributed by atoms with Crippen LogP contribution in [-0.4, -0.2) is 52.3 Å². The lowest BCUT2D eigenvalue weighted by Gasteiger charge is -2.09. The molecule has 0 amide bonds. The zero-order valence-electron chi connectivity index (χ0n) is 13.2. The third-order valence-corrected chi connectivity index (χ3v) is 3.49. The van der Waals surface area contributed by atoms with Gasteiger partial charge < -0.3 is 20.4 Å². The smallest absolute Gasteiger partial charge is 0.342 e. The van der Waals surface area contributed by atoms with Crippen molar-refractivity contribution in [1.82, 2.24) is 19.9 Å². The number of carbonyl (C=O) groups is 2. The van der Waals surface area contributed by atoms with Crippen LogP contribution >= 0.6 is 0 Å². The first-order valence-corrected chi connectivity index (χ1v) is 7.19. The van der Waals surface area contributed by atoms with Crippen LogP contribution in [-0.2, 0) is 5.11 Å². The molecule has 0 unspecified atom stereocenters. The Morgan fingerprint density at radius 3 is 1.85 bits per heavy atom. The number of aromatic carboxylic acids is 2. The maximum Gasteiger partial charge on any atom is 0.342 e. The van der Waals surface area contributed by atoms with Crippen molar-refractivity contribution >= 4 is 11.9 Å². The van der Waals surface area contributed by atoms with Crippen LogP contribution in [0.15, 0.2) is 30.6 Å². The second-order valence-corrected chi connectivity index (χ2v) is 5.15. The van der Waals surface area contributed by atoms with Gasteiger partial charge in [0.1, 0.15) is 11.1 Å². The number of carboxylic acid groups (broad SMARTS) is 2. The summed E-state index contributed by atoms with van der Waals surface area (Å²) >= 11 is 0. The summed E-state index contributed by atoms with van der Waals surface area (Å²) in [7, 11) is 0. The minimum atomic E-state index is -1.45. The molecular formula is C16H9N4O7. The van der Waals surface area contributed by atoms with Crippen molar-refractivity contribution in [3.63, 3.8) is 0 Å². The molecule has 27 heavy (non-hydrogen) atoms. The van der Waals surface area contributed by atoms with E-state index in [1.165, 1.54) is 18.2 Å². The van der Waals surface area contributed by atoms with E-state index in [-0.39, 0.29) is 22.8 Å². The maximum atomic E-state index is 12.3. The molecule has 0 fully saturated rings. The van der Waals surface area contributed by atoms with Crippen molar-refractivity contribution < 1.29 is 35.1 Å². The Morgan fingerprint density at radius 1 is 0.815 bits per heavy atom. The maximum absolute atomic E-state index is 12.3. The molecule has 0 saturated carbocycles. The Kier molecular flexibility index (Phi) is 4.26. The van der Waals surface area contributed by atoms with Crippen molar-refractivity contribution in [3.05, 3.63) is 41.7 Å². The van der Waals surface area contributed by atoms with E-state index in [1.54, 1.807) is 0 Å². The lowest BCUT2D eigenvalue weighted by atomic mass is 10.0. The fraction of sp³-hybridized carbons (Fsp3) is 0. The van der Waals surface area contributed by atoms with E-state index in [2.05, 4.69) is 19.9 Å². The first-order valence-electron chi connectivity index (χ1n) is 7.19. The van der Waals surface area contributed by atoms with Gasteiger partial charge in [0.25, 0.3) is 0 Å². The van der Waals surface area contributed by atoms with E-state index in [4.69, 9.17) is 10.2 Å². The third kappa shape index (κ3) is 3.16. The number of aromatic hydroxyl groups is 2. The van der Waals surface area contributed by atoms with E-state index in [9.17, 15) is 24.9 Å². The average molecular weight is 369 g/mol. The van der Waals surface area contributed by atoms with Crippen LogP contribution in [0.3, 0.4) is 0 Å². The monoisotopic (exact) mass is 369 g/mol. The number of benzene rings is 1. The van der Waals surface area contributed by atoms with Crippen molar-refractivity contribution in [3.8, 4) is 40.3 Å². The number of hydrogen-bond donors (Lipinski definition) is 4. The summed E-state index contributed by atoms with van der Waals surface area (Å²) in [6.07, 6.45) is 1.70. The van der Waals surface area contributed by atoms with Crippen LogP contribution in [0, 0.1) is 0 Å². The fourth-order valence-electron chi connectivity index (χ4n) is 2.25. The van der Waals surface area contributed by atoms with Gasteiger partial charge in [0, 0.05) is 18.0 Å². The first-order chi connectivity index (χ1) is 12.8. The Balaban J connectivity index is 2.19. The molecule has 3 aromatic rings. The van der Waals surface area contributed by atoms with Crippen molar-refractivity contribution in [1.29, 1.82) is 0 Å². The topological polar surface area (TPSA) is 187 Å². The summed E-state index contributed by atoms with van der Waals surface area (Å²) in [6.45, 7) is 0. The molecule has 0 aliphatic carbocycles. The molecule has 1 aromatic carbocycles. The Labute approximate surface area is 149 Å². The lowest BCUT2D eigenvalue weighted by molar-refractivity contribution is 0.0681. The Bertz CT molecular complexity index is 1080. The van der Waals surface area contributed by atoms with Gasteiger partial charge in [0.2, 0.25) is 11.8 Å². The van der Waals surface area contributed by atoms with Gasteiger partial charge in [-0.1, -0.05) is 12.1 Å². The third-order valence-electron chi connectivity index (χ3n) is 3.49. The first kappa shape index (κ1) is 17.5. The minimum Gasteiger partial charge on any atom is -0.493 e. The van der Waals surface area contributed by atoms with Crippen LogP contribution in [0.4, 0.5) is 0 Å². The summed E-state index contributed by atoms with van der Waals surface area (Å²) in [4.78, 5) is 36.8. The van der Waals surface area contributed by atoms with Crippen LogP contribution in [0.5, 0.6) is 17.5 Å². The Morgan fingerprint density at radius 2 is 1.33 bits per heavy atom. The largest absolute Gasteiger partial charge is 0.493 e. The van der Waals surface area contributed by atoms with Gasteiger partial charge in [-0.25, -0.2) is 19.6 Å². The normalized spacial score (nSPS) is 10.5. The SMILES string of the molecule is [O]c1cccc(-c2ncc(C(=O)O)c(O)n2)c1-c1ncc(C(=O)O)c(O)n1. The van der Waals surface area contributed by atoms with Crippen LogP contribution in [0.1, 0.15) is 20.7 Å². The quantitative estimate of drug-likeness (QED) is 0.525. The summed E-state index contributed by atoms with van der Waals surface area (Å²) in [5, 5.41) is 49.6. The molecule has 0 atom stereocenters.